The van der Waals surface area contributed by atoms with E-state index >= 15 is 0 Å². The average molecular weight is 881 g/mol. The fourth-order valence-corrected chi connectivity index (χ4v) is 9.89. The molecular formula is C47H52N12O6. The van der Waals surface area contributed by atoms with Crippen molar-refractivity contribution in [1.29, 1.82) is 0 Å². The standard InChI is InChI=1S/C47H52N12O6/c1-4-18-57-43(62)36-26-48-46(52-41(36)59(57)39-7-5-6-38(50-39)47(2,3)65)49-29-8-10-30(11-9-29)54-21-23-55(24-22-54)31-16-19-53(20-17-31)33-27-56(28-33)32-12-13-34-35(25-32)45(64)58(44(34)63)37-14-15-40(60)51-42(37)61/h4-13,25-26,31,33,37,65H,1,14-24,27-28H2,2-3H3,(H,48,49,52)(H,51,60,61). The Balaban J connectivity index is 0.708. The van der Waals surface area contributed by atoms with Crippen molar-refractivity contribution in [2.24, 2.45) is 0 Å². The number of carbonyl (C=O) groups is 4. The van der Waals surface area contributed by atoms with Crippen LogP contribution in [0, 0.1) is 0 Å². The number of carbonyl (C=O) groups excluding carboxylic acids is 4. The number of nitrogens with one attached hydrogen (secondary N) is 2. The quantitative estimate of drug-likeness (QED) is 0.130. The number of anilines is 4. The monoisotopic (exact) mass is 880 g/mol. The molecule has 0 spiro atoms. The molecule has 0 saturated carbocycles. The van der Waals surface area contributed by atoms with Gasteiger partial charge in [0.25, 0.3) is 17.4 Å². The van der Waals surface area contributed by atoms with E-state index in [9.17, 15) is 29.1 Å². The number of pyridine rings is 1. The van der Waals surface area contributed by atoms with Crippen LogP contribution in [-0.2, 0) is 21.7 Å². The van der Waals surface area contributed by atoms with Crippen LogP contribution in [0.3, 0.4) is 0 Å². The van der Waals surface area contributed by atoms with Gasteiger partial charge in [0.05, 0.1) is 23.4 Å². The predicted octanol–water partition coefficient (Wildman–Crippen LogP) is 3.01. The van der Waals surface area contributed by atoms with Gasteiger partial charge < -0.3 is 20.2 Å². The molecule has 1 atom stereocenters. The first kappa shape index (κ1) is 42.2. The highest BCUT2D eigenvalue weighted by Crippen LogP contribution is 2.34. The maximum Gasteiger partial charge on any atom is 0.278 e. The van der Waals surface area contributed by atoms with Gasteiger partial charge in [-0.15, -0.1) is 6.58 Å². The summed E-state index contributed by atoms with van der Waals surface area (Å²) in [6.07, 6.45) is 5.63. The Labute approximate surface area is 375 Å². The van der Waals surface area contributed by atoms with E-state index in [1.54, 1.807) is 54.9 Å². The fraction of sp³-hybridized carbons (Fsp3) is 0.404. The van der Waals surface area contributed by atoms with E-state index in [-0.39, 0.29) is 24.9 Å². The molecule has 3 N–H and O–H groups in total. The number of rotatable bonds is 11. The van der Waals surface area contributed by atoms with Gasteiger partial charge in [-0.2, -0.15) is 4.98 Å². The van der Waals surface area contributed by atoms with E-state index < -0.39 is 35.3 Å². The van der Waals surface area contributed by atoms with E-state index in [2.05, 4.69) is 58.9 Å². The summed E-state index contributed by atoms with van der Waals surface area (Å²) in [4.78, 5) is 88.8. The van der Waals surface area contributed by atoms with Gasteiger partial charge in [0, 0.05) is 94.1 Å². The lowest BCUT2D eigenvalue weighted by Crippen LogP contribution is -2.62. The van der Waals surface area contributed by atoms with Crippen molar-refractivity contribution in [3.63, 3.8) is 0 Å². The number of fused-ring (bicyclic) bond motifs is 2. The molecule has 0 bridgehead atoms. The van der Waals surface area contributed by atoms with Gasteiger partial charge >= 0.3 is 0 Å². The molecule has 4 fully saturated rings. The molecule has 18 heteroatoms. The summed E-state index contributed by atoms with van der Waals surface area (Å²) in [6, 6.07) is 18.9. The van der Waals surface area contributed by atoms with Gasteiger partial charge in [-0.05, 0) is 87.7 Å². The number of hydrogen-bond acceptors (Lipinski definition) is 14. The van der Waals surface area contributed by atoms with E-state index in [4.69, 9.17) is 4.98 Å². The fourth-order valence-electron chi connectivity index (χ4n) is 9.89. The van der Waals surface area contributed by atoms with Crippen LogP contribution in [0.4, 0.5) is 23.0 Å². The van der Waals surface area contributed by atoms with Crippen LogP contribution in [0.1, 0.15) is 65.9 Å². The number of aromatic nitrogens is 5. The zero-order valence-corrected chi connectivity index (χ0v) is 36.5. The van der Waals surface area contributed by atoms with Crippen molar-refractivity contribution in [3.8, 4) is 5.82 Å². The lowest BCUT2D eigenvalue weighted by Gasteiger charge is -2.50. The molecule has 1 unspecified atom stereocenters. The normalized spacial score (nSPS) is 20.4. The zero-order valence-electron chi connectivity index (χ0n) is 36.5. The molecule has 5 aliphatic rings. The number of amides is 4. The van der Waals surface area contributed by atoms with Gasteiger partial charge in [0.2, 0.25) is 17.8 Å². The first-order chi connectivity index (χ1) is 31.3. The third-order valence-electron chi connectivity index (χ3n) is 13.5. The number of allylic oxidation sites excluding steroid dienone is 1. The number of likely N-dealkylation sites (tertiary alicyclic amines) is 1. The van der Waals surface area contributed by atoms with E-state index in [0.717, 1.165) is 87.2 Å². The number of hydrogen-bond donors (Lipinski definition) is 3. The number of piperazine rings is 1. The summed E-state index contributed by atoms with van der Waals surface area (Å²) in [5, 5.41) is 16.5. The summed E-state index contributed by atoms with van der Waals surface area (Å²) in [5.74, 6) is -1.19. The molecule has 65 heavy (non-hydrogen) atoms. The van der Waals surface area contributed by atoms with Crippen molar-refractivity contribution in [1.82, 2.24) is 44.3 Å². The summed E-state index contributed by atoms with van der Waals surface area (Å²) >= 11 is 0. The van der Waals surface area contributed by atoms with E-state index in [1.165, 1.54) is 10.9 Å². The Hall–Kier alpha value is -6.76. The third kappa shape index (κ3) is 7.84. The van der Waals surface area contributed by atoms with Gasteiger partial charge in [-0.25, -0.2) is 19.3 Å². The molecule has 5 aliphatic heterocycles. The Bertz CT molecular complexity index is 2770. The molecule has 3 aromatic heterocycles. The largest absolute Gasteiger partial charge is 0.384 e. The highest BCUT2D eigenvalue weighted by atomic mass is 16.3. The van der Waals surface area contributed by atoms with Crippen molar-refractivity contribution < 1.29 is 24.3 Å². The third-order valence-corrected chi connectivity index (χ3v) is 13.5. The molecule has 0 aliphatic carbocycles. The minimum Gasteiger partial charge on any atom is -0.384 e. The number of piperidine rings is 2. The minimum atomic E-state index is -1.18. The van der Waals surface area contributed by atoms with Crippen LogP contribution >= 0.6 is 0 Å². The summed E-state index contributed by atoms with van der Waals surface area (Å²) in [6.45, 7) is 15.0. The van der Waals surface area contributed by atoms with Gasteiger partial charge in [-0.1, -0.05) is 12.1 Å². The maximum atomic E-state index is 13.4. The Morgan fingerprint density at radius 3 is 2.23 bits per heavy atom. The number of aliphatic hydroxyl groups is 1. The van der Waals surface area contributed by atoms with Crippen LogP contribution in [0.5, 0.6) is 0 Å². The Kier molecular flexibility index (Phi) is 10.8. The molecule has 5 aromatic rings. The van der Waals surface area contributed by atoms with Crippen molar-refractivity contribution in [2.45, 2.75) is 69.8 Å². The molecule has 8 heterocycles. The van der Waals surface area contributed by atoms with E-state index in [0.29, 0.717) is 51.7 Å². The highest BCUT2D eigenvalue weighted by molar-refractivity contribution is 6.23. The first-order valence-corrected chi connectivity index (χ1v) is 22.3. The first-order valence-electron chi connectivity index (χ1n) is 22.3. The van der Waals surface area contributed by atoms with Gasteiger partial charge in [0.1, 0.15) is 17.0 Å². The highest BCUT2D eigenvalue weighted by Gasteiger charge is 2.45. The van der Waals surface area contributed by atoms with Crippen molar-refractivity contribution >= 4 is 57.7 Å². The SMILES string of the molecule is C=CCn1c(=O)c2cnc(Nc3ccc(N4CCN(C5CCN(C6CN(c7ccc8c(c7)C(=O)N(C7CCC(=O)NC7=O)C8=O)C6)CC5)CC4)cc3)nc2n1-c1cccc(C(C)(C)O)n1. The molecule has 2 aromatic carbocycles. The second-order valence-electron chi connectivity index (χ2n) is 18.1. The Morgan fingerprint density at radius 2 is 1.52 bits per heavy atom. The number of imide groups is 2. The molecule has 336 valence electrons. The number of nitrogens with zero attached hydrogens (tertiary/aromatic N) is 10. The maximum absolute atomic E-state index is 13.4. The van der Waals surface area contributed by atoms with Crippen LogP contribution < -0.4 is 26.0 Å². The average Bonchev–Trinajstić information content (AvgIpc) is 3.70. The Morgan fingerprint density at radius 1 is 0.815 bits per heavy atom. The van der Waals surface area contributed by atoms with Gasteiger partial charge in [-0.3, -0.25) is 44.0 Å². The van der Waals surface area contributed by atoms with Crippen molar-refractivity contribution in [3.05, 3.63) is 107 Å². The lowest BCUT2D eigenvalue weighted by atomic mass is 9.97. The summed E-state index contributed by atoms with van der Waals surface area (Å²) < 4.78 is 3.15. The molecular weight excluding hydrogens is 829 g/mol. The zero-order chi connectivity index (χ0) is 45.1. The second-order valence-corrected chi connectivity index (χ2v) is 18.1. The van der Waals surface area contributed by atoms with Gasteiger partial charge in [0.15, 0.2) is 11.5 Å². The summed E-state index contributed by atoms with van der Waals surface area (Å²) in [5.41, 5.74) is 2.87. The predicted molar refractivity (Wildman–Crippen MR) is 244 cm³/mol. The van der Waals surface area contributed by atoms with E-state index in [1.807, 2.05) is 18.2 Å². The number of benzene rings is 2. The topological polar surface area (TPSA) is 194 Å². The molecule has 10 rings (SSSR count). The smallest absolute Gasteiger partial charge is 0.278 e. The van der Waals surface area contributed by atoms with Crippen LogP contribution in [0.15, 0.2) is 84.3 Å². The second kappa shape index (κ2) is 16.7. The van der Waals surface area contributed by atoms with Crippen molar-refractivity contribution in [2.75, 3.05) is 67.5 Å². The lowest BCUT2D eigenvalue weighted by molar-refractivity contribution is -0.136. The molecule has 18 nitrogen and oxygen atoms in total. The molecule has 4 saturated heterocycles. The minimum absolute atomic E-state index is 0.0926. The molecule has 0 radical (unpaired) electrons. The van der Waals surface area contributed by atoms with Crippen LogP contribution in [-0.4, -0.2) is 138 Å². The molecule has 4 amide bonds. The van der Waals surface area contributed by atoms with Crippen LogP contribution in [0.2, 0.25) is 0 Å². The summed E-state index contributed by atoms with van der Waals surface area (Å²) in [7, 11) is 0. The van der Waals surface area contributed by atoms with Crippen LogP contribution in [0.25, 0.3) is 16.9 Å².